The van der Waals surface area contributed by atoms with Gasteiger partial charge in [-0.25, -0.2) is 14.2 Å². The molecule has 2 fully saturated rings. The number of rotatable bonds is 7. The van der Waals surface area contributed by atoms with E-state index in [1.165, 1.54) is 6.07 Å². The van der Waals surface area contributed by atoms with Crippen molar-refractivity contribution in [2.45, 2.75) is 77.9 Å². The summed E-state index contributed by atoms with van der Waals surface area (Å²) in [6.07, 6.45) is 1.72. The average Bonchev–Trinajstić information content (AvgIpc) is 3.80. The van der Waals surface area contributed by atoms with Gasteiger partial charge in [0.1, 0.15) is 34.3 Å². The zero-order valence-electron chi connectivity index (χ0n) is 31.0. The predicted molar refractivity (Wildman–Crippen MR) is 206 cm³/mol. The fraction of sp³-hybridized carbons (Fsp3) is 0.500. The summed E-state index contributed by atoms with van der Waals surface area (Å²) in [6, 6.07) is 4.81. The largest absolute Gasteiger partial charge is 0.444 e. The Morgan fingerprint density at radius 3 is 2.66 bits per heavy atom. The van der Waals surface area contributed by atoms with E-state index in [2.05, 4.69) is 47.5 Å². The third kappa shape index (κ3) is 6.84. The van der Waals surface area contributed by atoms with Gasteiger partial charge in [-0.15, -0.1) is 11.3 Å². The molecule has 2 amide bonds. The highest BCUT2D eigenvalue weighted by Gasteiger charge is 2.36. The predicted octanol–water partition coefficient (Wildman–Crippen LogP) is 7.36. The fourth-order valence-electron chi connectivity index (χ4n) is 7.84. The monoisotopic (exact) mass is 762 g/mol. The lowest BCUT2D eigenvalue weighted by Gasteiger charge is -2.31. The standard InChI is InChI=1S/C38H44ClFN8O4S/c1-19-20(16-46(5)6)12-14-48(19)36-43-31-29(33(44-36)42-26-9-8-13-47(7)35(26)49)24-18-51-17-23(24)27(30(31)39)21-10-11-25(40)32-28(21)22(15-41)34(53-32)45-37(50)52-38(2,3)4/h10-11,19-20,26H,8-9,12-14,16-18H2,1-7H3,(H,45,50)(H,42,43,44)/t19-,20+,26+/m0/s1. The number of benzene rings is 2. The van der Waals surface area contributed by atoms with E-state index in [-0.39, 0.29) is 40.4 Å². The number of anilines is 3. The van der Waals surface area contributed by atoms with Crippen molar-refractivity contribution in [1.29, 1.82) is 5.26 Å². The van der Waals surface area contributed by atoms with Crippen molar-refractivity contribution in [3.05, 3.63) is 39.7 Å². The van der Waals surface area contributed by atoms with Gasteiger partial charge in [-0.1, -0.05) is 17.7 Å². The molecular formula is C38H44ClFN8O4S. The van der Waals surface area contributed by atoms with Gasteiger partial charge in [0.15, 0.2) is 0 Å². The van der Waals surface area contributed by atoms with Crippen molar-refractivity contribution in [3.8, 4) is 17.2 Å². The molecule has 2 aromatic heterocycles. The summed E-state index contributed by atoms with van der Waals surface area (Å²) < 4.78 is 27.3. The van der Waals surface area contributed by atoms with Crippen LogP contribution in [0.15, 0.2) is 12.1 Å². The molecule has 2 N–H and O–H groups in total. The first-order valence-electron chi connectivity index (χ1n) is 17.9. The number of nitriles is 1. The quantitative estimate of drug-likeness (QED) is 0.197. The Morgan fingerprint density at radius 2 is 1.94 bits per heavy atom. The molecule has 0 spiro atoms. The number of fused-ring (bicyclic) bond motifs is 4. The summed E-state index contributed by atoms with van der Waals surface area (Å²) in [5.41, 5.74) is 2.44. The van der Waals surface area contributed by atoms with Crippen LogP contribution in [0, 0.1) is 23.1 Å². The first-order valence-corrected chi connectivity index (χ1v) is 19.1. The normalized spacial score (nSPS) is 20.4. The molecule has 2 saturated heterocycles. The van der Waals surface area contributed by atoms with E-state index in [1.807, 2.05) is 7.05 Å². The number of hydrogen-bond acceptors (Lipinski definition) is 11. The maximum atomic E-state index is 15.6. The van der Waals surface area contributed by atoms with Gasteiger partial charge < -0.3 is 29.5 Å². The SMILES string of the molecule is C[C@H]1[C@@H](CN(C)C)CCN1c1nc(N[C@@H]2CCCN(C)C2=O)c2c3c(c(-c4ccc(F)c5sc(NC(=O)OC(C)(C)C)c(C#N)c45)c(Cl)c2n1)COC3. The lowest BCUT2D eigenvalue weighted by molar-refractivity contribution is -0.132. The molecule has 15 heteroatoms. The first-order chi connectivity index (χ1) is 25.2. The summed E-state index contributed by atoms with van der Waals surface area (Å²) in [7, 11) is 5.95. The van der Waals surface area contributed by atoms with E-state index in [0.29, 0.717) is 63.1 Å². The number of nitrogens with one attached hydrogen (secondary N) is 2. The number of likely N-dealkylation sites (tertiary alicyclic amines) is 1. The zero-order valence-corrected chi connectivity index (χ0v) is 32.6. The first kappa shape index (κ1) is 37.0. The molecule has 280 valence electrons. The number of nitrogens with zero attached hydrogens (tertiary/aromatic N) is 6. The molecule has 7 rings (SSSR count). The van der Waals surface area contributed by atoms with Crippen LogP contribution in [0.2, 0.25) is 5.02 Å². The van der Waals surface area contributed by atoms with E-state index in [4.69, 9.17) is 31.0 Å². The minimum absolute atomic E-state index is 0.00764. The van der Waals surface area contributed by atoms with Crippen LogP contribution in [0.1, 0.15) is 63.6 Å². The van der Waals surface area contributed by atoms with Gasteiger partial charge in [0.25, 0.3) is 0 Å². The summed E-state index contributed by atoms with van der Waals surface area (Å²) in [5, 5.41) is 18.1. The van der Waals surface area contributed by atoms with E-state index in [1.54, 1.807) is 31.7 Å². The van der Waals surface area contributed by atoms with Crippen LogP contribution >= 0.6 is 22.9 Å². The van der Waals surface area contributed by atoms with Crippen LogP contribution in [0.3, 0.4) is 0 Å². The molecular weight excluding hydrogens is 719 g/mol. The molecule has 53 heavy (non-hydrogen) atoms. The van der Waals surface area contributed by atoms with Gasteiger partial charge >= 0.3 is 6.09 Å². The number of piperidine rings is 1. The molecule has 3 aliphatic heterocycles. The second-order valence-corrected chi connectivity index (χ2v) is 16.8. The molecule has 3 aliphatic rings. The van der Waals surface area contributed by atoms with Crippen molar-refractivity contribution in [1.82, 2.24) is 19.8 Å². The third-order valence-electron chi connectivity index (χ3n) is 10.3. The van der Waals surface area contributed by atoms with E-state index < -0.39 is 23.6 Å². The summed E-state index contributed by atoms with van der Waals surface area (Å²) in [6.45, 7) is 10.2. The molecule has 2 aromatic carbocycles. The van der Waals surface area contributed by atoms with Gasteiger partial charge in [0.2, 0.25) is 11.9 Å². The lowest BCUT2D eigenvalue weighted by atomic mass is 9.90. The third-order valence-corrected chi connectivity index (χ3v) is 11.8. The highest BCUT2D eigenvalue weighted by atomic mass is 35.5. The molecule has 3 atom stereocenters. The highest BCUT2D eigenvalue weighted by Crippen LogP contribution is 2.50. The second-order valence-electron chi connectivity index (χ2n) is 15.4. The highest BCUT2D eigenvalue weighted by molar-refractivity contribution is 7.23. The molecule has 0 aliphatic carbocycles. The number of halogens is 2. The summed E-state index contributed by atoms with van der Waals surface area (Å²) >= 11 is 8.46. The Bertz CT molecular complexity index is 2180. The van der Waals surface area contributed by atoms with Gasteiger partial charge in [0, 0.05) is 43.7 Å². The molecule has 0 unspecified atom stereocenters. The Kier molecular flexibility index (Phi) is 9.90. The minimum atomic E-state index is -0.780. The van der Waals surface area contributed by atoms with Crippen LogP contribution in [0.4, 0.5) is 26.0 Å². The molecule has 12 nitrogen and oxygen atoms in total. The molecule has 0 saturated carbocycles. The number of carbonyl (C=O) groups is 2. The zero-order chi connectivity index (χ0) is 37.9. The number of likely N-dealkylation sites (N-methyl/N-ethyl adjacent to an activating group) is 1. The minimum Gasteiger partial charge on any atom is -0.444 e. The van der Waals surface area contributed by atoms with Crippen molar-refractivity contribution in [3.63, 3.8) is 0 Å². The molecule has 4 aromatic rings. The summed E-state index contributed by atoms with van der Waals surface area (Å²) in [5.74, 6) is 0.858. The maximum absolute atomic E-state index is 15.6. The number of ether oxygens (including phenoxy) is 2. The number of hydrogen-bond donors (Lipinski definition) is 2. The van der Waals surface area contributed by atoms with Crippen molar-refractivity contribution >= 4 is 72.7 Å². The van der Waals surface area contributed by atoms with Crippen LogP contribution < -0.4 is 15.5 Å². The molecule has 5 heterocycles. The van der Waals surface area contributed by atoms with E-state index in [0.717, 1.165) is 48.4 Å². The smallest absolute Gasteiger partial charge is 0.412 e. The Hall–Kier alpha value is -4.29. The Balaban J connectivity index is 1.44. The summed E-state index contributed by atoms with van der Waals surface area (Å²) in [4.78, 5) is 42.6. The molecule has 0 radical (unpaired) electrons. The Labute approximate surface area is 317 Å². The number of thiophene rings is 1. The van der Waals surface area contributed by atoms with Crippen molar-refractivity contribution in [2.24, 2.45) is 5.92 Å². The average molecular weight is 763 g/mol. The lowest BCUT2D eigenvalue weighted by Crippen LogP contribution is -2.45. The Morgan fingerprint density at radius 1 is 1.19 bits per heavy atom. The fourth-order valence-corrected chi connectivity index (χ4v) is 9.26. The maximum Gasteiger partial charge on any atom is 0.412 e. The van der Waals surface area contributed by atoms with Gasteiger partial charge in [-0.05, 0) is 89.7 Å². The van der Waals surface area contributed by atoms with Crippen LogP contribution in [-0.2, 0) is 27.5 Å². The topological polar surface area (TPSA) is 136 Å². The second kappa shape index (κ2) is 14.2. The number of amides is 2. The van der Waals surface area contributed by atoms with E-state index >= 15 is 4.39 Å². The van der Waals surface area contributed by atoms with Gasteiger partial charge in [-0.3, -0.25) is 10.1 Å². The van der Waals surface area contributed by atoms with E-state index in [9.17, 15) is 14.9 Å². The number of carbonyl (C=O) groups excluding carboxylic acids is 2. The van der Waals surface area contributed by atoms with Crippen molar-refractivity contribution in [2.75, 3.05) is 56.3 Å². The van der Waals surface area contributed by atoms with Crippen LogP contribution in [-0.4, -0.2) is 90.2 Å². The number of aromatic nitrogens is 2. The van der Waals surface area contributed by atoms with Gasteiger partial charge in [-0.2, -0.15) is 10.2 Å². The van der Waals surface area contributed by atoms with Gasteiger partial charge in [0.05, 0.1) is 39.4 Å². The molecule has 0 bridgehead atoms. The van der Waals surface area contributed by atoms with Crippen LogP contribution in [0.25, 0.3) is 32.1 Å². The van der Waals surface area contributed by atoms with Crippen LogP contribution in [0.5, 0.6) is 0 Å². The van der Waals surface area contributed by atoms with Crippen molar-refractivity contribution < 1.29 is 23.5 Å².